The van der Waals surface area contributed by atoms with Crippen molar-refractivity contribution in [3.63, 3.8) is 0 Å². The minimum atomic E-state index is -4.57. The molecule has 30 heavy (non-hydrogen) atoms. The zero-order valence-corrected chi connectivity index (χ0v) is 16.7. The van der Waals surface area contributed by atoms with E-state index in [1.54, 1.807) is 18.2 Å². The fourth-order valence-corrected chi connectivity index (χ4v) is 3.57. The lowest BCUT2D eigenvalue weighted by Gasteiger charge is -2.17. The maximum absolute atomic E-state index is 13.7. The highest BCUT2D eigenvalue weighted by atomic mass is 19.4. The standard InChI is InChI=1S/C22H22F3N5/c1-14-7-8-18-17(11-14)29-21(22(23,24)25)30(18)20-9-10-26-19(13-28-20)27-12-16-6-4-3-5-15(16)2/h3-8,11,13,20H,9-10,12H2,1-2H3,(H,26,27). The van der Waals surface area contributed by atoms with Crippen LogP contribution < -0.4 is 5.32 Å². The van der Waals surface area contributed by atoms with E-state index < -0.39 is 18.2 Å². The van der Waals surface area contributed by atoms with E-state index in [1.165, 1.54) is 10.8 Å². The maximum Gasteiger partial charge on any atom is 0.449 e. The van der Waals surface area contributed by atoms with E-state index in [0.29, 0.717) is 36.4 Å². The fourth-order valence-electron chi connectivity index (χ4n) is 3.57. The number of nitrogens with zero attached hydrogens (tertiary/aromatic N) is 4. The fraction of sp³-hybridized carbons (Fsp3) is 0.318. The van der Waals surface area contributed by atoms with Crippen LogP contribution in [0.4, 0.5) is 13.2 Å². The number of hydrogen-bond acceptors (Lipinski definition) is 4. The molecule has 5 nitrogen and oxygen atoms in total. The minimum Gasteiger partial charge on any atom is -0.365 e. The van der Waals surface area contributed by atoms with Gasteiger partial charge in [0.1, 0.15) is 12.0 Å². The van der Waals surface area contributed by atoms with Crippen LogP contribution in [0, 0.1) is 13.8 Å². The Morgan fingerprint density at radius 2 is 1.93 bits per heavy atom. The molecule has 1 atom stereocenters. The summed E-state index contributed by atoms with van der Waals surface area (Å²) in [6, 6.07) is 13.1. The van der Waals surface area contributed by atoms with Gasteiger partial charge in [-0.15, -0.1) is 0 Å². The number of amidine groups is 1. The van der Waals surface area contributed by atoms with Crippen molar-refractivity contribution in [2.24, 2.45) is 9.98 Å². The number of benzene rings is 2. The molecule has 1 aromatic heterocycles. The average molecular weight is 413 g/mol. The summed E-state index contributed by atoms with van der Waals surface area (Å²) < 4.78 is 42.3. The van der Waals surface area contributed by atoms with Crippen molar-refractivity contribution in [2.75, 3.05) is 6.54 Å². The molecule has 156 valence electrons. The van der Waals surface area contributed by atoms with Gasteiger partial charge in [0.2, 0.25) is 5.82 Å². The number of rotatable bonds is 3. The van der Waals surface area contributed by atoms with Crippen LogP contribution >= 0.6 is 0 Å². The van der Waals surface area contributed by atoms with Gasteiger partial charge in [0.15, 0.2) is 0 Å². The van der Waals surface area contributed by atoms with Crippen molar-refractivity contribution in [1.82, 2.24) is 14.9 Å². The first-order valence-corrected chi connectivity index (χ1v) is 9.75. The molecule has 0 bridgehead atoms. The number of nitrogens with one attached hydrogen (secondary N) is 1. The number of alkyl halides is 3. The number of aromatic nitrogens is 2. The van der Waals surface area contributed by atoms with E-state index in [-0.39, 0.29) is 0 Å². The molecule has 0 amide bonds. The van der Waals surface area contributed by atoms with Crippen LogP contribution in [0.15, 0.2) is 52.4 Å². The molecular formula is C22H22F3N5. The lowest BCUT2D eigenvalue weighted by Crippen LogP contribution is -2.24. The number of fused-ring (bicyclic) bond motifs is 1. The molecule has 3 aromatic rings. The van der Waals surface area contributed by atoms with E-state index in [1.807, 2.05) is 38.1 Å². The summed E-state index contributed by atoms with van der Waals surface area (Å²) in [5.41, 5.74) is 3.89. The molecule has 8 heteroatoms. The third kappa shape index (κ3) is 4.08. The molecule has 1 unspecified atom stereocenters. The highest BCUT2D eigenvalue weighted by Gasteiger charge is 2.39. The molecule has 2 heterocycles. The van der Waals surface area contributed by atoms with Crippen molar-refractivity contribution in [3.05, 3.63) is 65.0 Å². The molecule has 2 aromatic carbocycles. The first-order chi connectivity index (χ1) is 14.3. The highest BCUT2D eigenvalue weighted by Crippen LogP contribution is 2.35. The smallest absolute Gasteiger partial charge is 0.365 e. The molecule has 0 aliphatic carbocycles. The highest BCUT2D eigenvalue weighted by molar-refractivity contribution is 6.29. The Balaban J connectivity index is 1.61. The second-order valence-corrected chi connectivity index (χ2v) is 7.39. The van der Waals surface area contributed by atoms with E-state index in [0.717, 1.165) is 16.7 Å². The number of hydrogen-bond donors (Lipinski definition) is 1. The summed E-state index contributed by atoms with van der Waals surface area (Å²) in [5, 5.41) is 3.23. The topological polar surface area (TPSA) is 54.6 Å². The van der Waals surface area contributed by atoms with Crippen molar-refractivity contribution in [1.29, 1.82) is 0 Å². The Hall–Kier alpha value is -3.16. The summed E-state index contributed by atoms with van der Waals surface area (Å²) >= 11 is 0. The molecular weight excluding hydrogens is 391 g/mol. The largest absolute Gasteiger partial charge is 0.449 e. The lowest BCUT2D eigenvalue weighted by molar-refractivity contribution is -0.147. The van der Waals surface area contributed by atoms with Gasteiger partial charge in [-0.2, -0.15) is 13.2 Å². The molecule has 0 saturated heterocycles. The lowest BCUT2D eigenvalue weighted by atomic mass is 10.1. The van der Waals surface area contributed by atoms with Crippen LogP contribution in [-0.4, -0.2) is 28.1 Å². The summed E-state index contributed by atoms with van der Waals surface area (Å²) in [4.78, 5) is 12.8. The van der Waals surface area contributed by atoms with Gasteiger partial charge in [-0.05, 0) is 42.7 Å². The average Bonchev–Trinajstić information content (AvgIpc) is 2.92. The van der Waals surface area contributed by atoms with Gasteiger partial charge in [0.05, 0.1) is 17.2 Å². The van der Waals surface area contributed by atoms with Crippen LogP contribution in [0.5, 0.6) is 0 Å². The predicted molar refractivity (Wildman–Crippen MR) is 112 cm³/mol. The van der Waals surface area contributed by atoms with Crippen LogP contribution in [0.25, 0.3) is 11.0 Å². The number of halogens is 3. The third-order valence-electron chi connectivity index (χ3n) is 5.16. The summed E-state index contributed by atoms with van der Waals surface area (Å²) in [7, 11) is 0. The van der Waals surface area contributed by atoms with Crippen molar-refractivity contribution in [3.8, 4) is 0 Å². The van der Waals surface area contributed by atoms with Crippen molar-refractivity contribution in [2.45, 2.75) is 39.2 Å². The van der Waals surface area contributed by atoms with E-state index in [2.05, 4.69) is 20.3 Å². The molecule has 1 aliphatic rings. The predicted octanol–water partition coefficient (Wildman–Crippen LogP) is 4.83. The first-order valence-electron chi connectivity index (χ1n) is 9.75. The molecule has 4 rings (SSSR count). The van der Waals surface area contributed by atoms with Crippen molar-refractivity contribution < 1.29 is 13.2 Å². The van der Waals surface area contributed by atoms with Crippen LogP contribution in [0.3, 0.4) is 0 Å². The summed E-state index contributed by atoms with van der Waals surface area (Å²) in [6.07, 6.45) is -3.41. The Morgan fingerprint density at radius 3 is 2.70 bits per heavy atom. The van der Waals surface area contributed by atoms with E-state index >= 15 is 0 Å². The summed E-state index contributed by atoms with van der Waals surface area (Å²) in [6.45, 7) is 4.79. The van der Waals surface area contributed by atoms with Crippen molar-refractivity contribution >= 4 is 23.1 Å². The first kappa shape index (κ1) is 20.1. The van der Waals surface area contributed by atoms with Gasteiger partial charge in [-0.1, -0.05) is 30.3 Å². The molecule has 0 saturated carbocycles. The molecule has 0 radical (unpaired) electrons. The van der Waals surface area contributed by atoms with Gasteiger partial charge >= 0.3 is 6.18 Å². The molecule has 1 N–H and O–H groups in total. The Bertz CT molecular complexity index is 1130. The number of aliphatic imine (C=N–C) groups is 2. The van der Waals surface area contributed by atoms with Crippen LogP contribution in [0.1, 0.15) is 35.1 Å². The number of aryl methyl sites for hydroxylation is 2. The SMILES string of the molecule is Cc1ccc2c(c1)nc(C(F)(F)F)n2C1CCN=C(NCc2ccccc2C)C=N1. The van der Waals surface area contributed by atoms with Gasteiger partial charge < -0.3 is 5.32 Å². The number of imidazole rings is 1. The van der Waals surface area contributed by atoms with Gasteiger partial charge in [0.25, 0.3) is 0 Å². The third-order valence-corrected chi connectivity index (χ3v) is 5.16. The Morgan fingerprint density at radius 1 is 1.13 bits per heavy atom. The molecule has 0 spiro atoms. The monoisotopic (exact) mass is 413 g/mol. The van der Waals surface area contributed by atoms with Crippen LogP contribution in [-0.2, 0) is 12.7 Å². The normalized spacial score (nSPS) is 17.1. The minimum absolute atomic E-state index is 0.320. The Labute approximate surface area is 172 Å². The zero-order chi connectivity index (χ0) is 21.3. The van der Waals surface area contributed by atoms with E-state index in [4.69, 9.17) is 0 Å². The second-order valence-electron chi connectivity index (χ2n) is 7.39. The van der Waals surface area contributed by atoms with Gasteiger partial charge in [0, 0.05) is 19.5 Å². The zero-order valence-electron chi connectivity index (χ0n) is 16.7. The summed E-state index contributed by atoms with van der Waals surface area (Å²) in [5.74, 6) is -0.365. The van der Waals surface area contributed by atoms with Gasteiger partial charge in [-0.25, -0.2) is 4.98 Å². The van der Waals surface area contributed by atoms with Gasteiger partial charge in [-0.3, -0.25) is 14.6 Å². The molecule has 0 fully saturated rings. The maximum atomic E-state index is 13.7. The van der Waals surface area contributed by atoms with Crippen LogP contribution in [0.2, 0.25) is 0 Å². The molecule has 1 aliphatic heterocycles. The Kier molecular flexibility index (Phi) is 5.32. The second kappa shape index (κ2) is 7.93. The van der Waals surface area contributed by atoms with E-state index in [9.17, 15) is 13.2 Å². The quantitative estimate of drug-likeness (QED) is 0.669.